The summed E-state index contributed by atoms with van der Waals surface area (Å²) in [4.78, 5) is 5.10. The summed E-state index contributed by atoms with van der Waals surface area (Å²) in [6.07, 6.45) is -1.85. The molecule has 0 aliphatic carbocycles. The number of nitrogens with zero attached hydrogens (tertiary/aromatic N) is 1. The van der Waals surface area contributed by atoms with Gasteiger partial charge in [0, 0.05) is 21.2 Å². The lowest BCUT2D eigenvalue weighted by atomic mass is 10.1. The molecule has 0 saturated heterocycles. The number of thiazole rings is 1. The second-order valence-electron chi connectivity index (χ2n) is 4.12. The van der Waals surface area contributed by atoms with Crippen molar-refractivity contribution < 1.29 is 13.2 Å². The van der Waals surface area contributed by atoms with Crippen molar-refractivity contribution in [2.75, 3.05) is 5.32 Å². The van der Waals surface area contributed by atoms with Crippen molar-refractivity contribution in [1.29, 1.82) is 0 Å². The molecule has 0 amide bonds. The lowest BCUT2D eigenvalue weighted by molar-refractivity contribution is -0.137. The Hall–Kier alpha value is -1.08. The summed E-state index contributed by atoms with van der Waals surface area (Å²) in [5, 5.41) is 3.81. The predicted octanol–water partition coefficient (Wildman–Crippen LogP) is 5.10. The quantitative estimate of drug-likeness (QED) is 0.816. The van der Waals surface area contributed by atoms with E-state index < -0.39 is 11.7 Å². The van der Waals surface area contributed by atoms with E-state index in [4.69, 9.17) is 0 Å². The Morgan fingerprint density at radius 1 is 1.35 bits per heavy atom. The number of aryl methyl sites for hydroxylation is 1. The molecule has 0 saturated carbocycles. The van der Waals surface area contributed by atoms with Crippen LogP contribution in [-0.2, 0) is 19.1 Å². The molecular weight excluding hydrogens is 353 g/mol. The number of hydrogen-bond acceptors (Lipinski definition) is 3. The van der Waals surface area contributed by atoms with Gasteiger partial charge in [-0.1, -0.05) is 22.9 Å². The van der Waals surface area contributed by atoms with E-state index in [9.17, 15) is 13.2 Å². The number of alkyl halides is 3. The molecule has 20 heavy (non-hydrogen) atoms. The van der Waals surface area contributed by atoms with Gasteiger partial charge in [-0.3, -0.25) is 0 Å². The Morgan fingerprint density at radius 2 is 2.10 bits per heavy atom. The fourth-order valence-electron chi connectivity index (χ4n) is 1.68. The minimum Gasteiger partial charge on any atom is -0.380 e. The fraction of sp³-hybridized carbons (Fsp3) is 0.308. The van der Waals surface area contributed by atoms with Gasteiger partial charge in [0.05, 0.1) is 17.1 Å². The van der Waals surface area contributed by atoms with Crippen LogP contribution in [0.4, 0.5) is 18.9 Å². The summed E-state index contributed by atoms with van der Waals surface area (Å²) in [6.45, 7) is 2.33. The average molecular weight is 365 g/mol. The van der Waals surface area contributed by atoms with Gasteiger partial charge in [-0.15, -0.1) is 11.3 Å². The molecule has 1 heterocycles. The van der Waals surface area contributed by atoms with Gasteiger partial charge in [0.15, 0.2) is 0 Å². The monoisotopic (exact) mass is 364 g/mol. The first kappa shape index (κ1) is 15.3. The van der Waals surface area contributed by atoms with Crippen molar-refractivity contribution in [3.8, 4) is 0 Å². The normalized spacial score (nSPS) is 11.7. The number of rotatable bonds is 4. The van der Waals surface area contributed by atoms with Crippen molar-refractivity contribution in [3.05, 3.63) is 44.3 Å². The summed E-state index contributed by atoms with van der Waals surface area (Å²) in [7, 11) is 0. The van der Waals surface area contributed by atoms with Crippen molar-refractivity contribution in [2.24, 2.45) is 0 Å². The van der Waals surface area contributed by atoms with Crippen molar-refractivity contribution in [2.45, 2.75) is 26.1 Å². The van der Waals surface area contributed by atoms with Gasteiger partial charge in [-0.05, 0) is 24.6 Å². The number of halogens is 4. The Labute approximate surface area is 127 Å². The van der Waals surface area contributed by atoms with Crippen molar-refractivity contribution >= 4 is 33.0 Å². The summed E-state index contributed by atoms with van der Waals surface area (Å²) in [5.74, 6) is 0. The molecule has 2 aromatic rings. The highest BCUT2D eigenvalue weighted by Gasteiger charge is 2.33. The number of nitrogens with one attached hydrogen (secondary N) is 1. The third kappa shape index (κ3) is 3.73. The van der Waals surface area contributed by atoms with E-state index in [-0.39, 0.29) is 5.69 Å². The lowest BCUT2D eigenvalue weighted by Crippen LogP contribution is -2.10. The predicted molar refractivity (Wildman–Crippen MR) is 78.0 cm³/mol. The Bertz CT molecular complexity index is 596. The minimum atomic E-state index is -4.38. The lowest BCUT2D eigenvalue weighted by Gasteiger charge is -2.14. The molecule has 1 aromatic carbocycles. The van der Waals surface area contributed by atoms with Gasteiger partial charge in [-0.2, -0.15) is 13.2 Å². The highest BCUT2D eigenvalue weighted by molar-refractivity contribution is 9.10. The Kier molecular flexibility index (Phi) is 4.70. The average Bonchev–Trinajstić information content (AvgIpc) is 2.84. The molecule has 0 aliphatic rings. The van der Waals surface area contributed by atoms with Crippen molar-refractivity contribution in [1.82, 2.24) is 4.98 Å². The van der Waals surface area contributed by atoms with E-state index in [1.54, 1.807) is 12.3 Å². The topological polar surface area (TPSA) is 24.9 Å². The van der Waals surface area contributed by atoms with E-state index in [2.05, 4.69) is 26.2 Å². The third-order valence-corrected chi connectivity index (χ3v) is 4.28. The molecule has 7 heteroatoms. The molecule has 0 atom stereocenters. The van der Waals surface area contributed by atoms with E-state index in [1.165, 1.54) is 17.4 Å². The van der Waals surface area contributed by atoms with Crippen LogP contribution in [0.3, 0.4) is 0 Å². The summed E-state index contributed by atoms with van der Waals surface area (Å²) >= 11 is 4.57. The molecule has 0 aliphatic heterocycles. The van der Waals surface area contributed by atoms with Crippen LogP contribution in [0, 0.1) is 0 Å². The Morgan fingerprint density at radius 3 is 2.70 bits per heavy atom. The van der Waals surface area contributed by atoms with Gasteiger partial charge in [-0.25, -0.2) is 4.98 Å². The van der Waals surface area contributed by atoms with Crippen LogP contribution in [0.25, 0.3) is 0 Å². The highest BCUT2D eigenvalue weighted by atomic mass is 79.9. The summed E-state index contributed by atoms with van der Waals surface area (Å²) in [6, 6.07) is 4.09. The highest BCUT2D eigenvalue weighted by Crippen LogP contribution is 2.36. The van der Waals surface area contributed by atoms with E-state index in [1.807, 2.05) is 6.92 Å². The fourth-order valence-corrected chi connectivity index (χ4v) is 2.84. The molecule has 2 nitrogen and oxygen atoms in total. The van der Waals surface area contributed by atoms with Crippen LogP contribution in [0.1, 0.15) is 22.4 Å². The third-order valence-electron chi connectivity index (χ3n) is 2.64. The molecule has 0 unspecified atom stereocenters. The van der Waals surface area contributed by atoms with E-state index in [0.29, 0.717) is 11.0 Å². The van der Waals surface area contributed by atoms with Crippen LogP contribution in [0.15, 0.2) is 28.9 Å². The zero-order chi connectivity index (χ0) is 14.8. The van der Waals surface area contributed by atoms with Gasteiger partial charge < -0.3 is 5.32 Å². The molecule has 0 bridgehead atoms. The van der Waals surface area contributed by atoms with Crippen LogP contribution in [0.5, 0.6) is 0 Å². The SMILES string of the molecule is CCc1ncc(CNc2ccc(Br)cc2C(F)(F)F)s1. The number of benzene rings is 1. The maximum atomic E-state index is 12.9. The van der Waals surface area contributed by atoms with Crippen LogP contribution < -0.4 is 5.32 Å². The van der Waals surface area contributed by atoms with E-state index >= 15 is 0 Å². The molecule has 0 radical (unpaired) electrons. The van der Waals surface area contributed by atoms with Crippen LogP contribution in [-0.4, -0.2) is 4.98 Å². The van der Waals surface area contributed by atoms with Gasteiger partial charge in [0.1, 0.15) is 0 Å². The first-order chi connectivity index (χ1) is 9.40. The molecule has 0 fully saturated rings. The summed E-state index contributed by atoms with van der Waals surface area (Å²) in [5.41, 5.74) is -0.598. The zero-order valence-electron chi connectivity index (χ0n) is 10.6. The molecule has 1 aromatic heterocycles. The number of anilines is 1. The van der Waals surface area contributed by atoms with Crippen LogP contribution in [0.2, 0.25) is 0 Å². The van der Waals surface area contributed by atoms with Crippen LogP contribution >= 0.6 is 27.3 Å². The minimum absolute atomic E-state index is 0.0761. The first-order valence-corrected chi connectivity index (χ1v) is 7.55. The van der Waals surface area contributed by atoms with Gasteiger partial charge in [0.25, 0.3) is 0 Å². The second kappa shape index (κ2) is 6.13. The maximum absolute atomic E-state index is 12.9. The standard InChI is InChI=1S/C13H12BrF3N2S/c1-2-12-19-7-9(20-12)6-18-11-4-3-8(14)5-10(11)13(15,16)17/h3-5,7,18H,2,6H2,1H3. The summed E-state index contributed by atoms with van der Waals surface area (Å²) < 4.78 is 39.2. The van der Waals surface area contributed by atoms with Gasteiger partial charge in [0.2, 0.25) is 0 Å². The first-order valence-electron chi connectivity index (χ1n) is 5.94. The maximum Gasteiger partial charge on any atom is 0.418 e. The molecule has 108 valence electrons. The molecular formula is C13H12BrF3N2S. The second-order valence-corrected chi connectivity index (χ2v) is 6.23. The van der Waals surface area contributed by atoms with Gasteiger partial charge >= 0.3 is 6.18 Å². The number of hydrogen-bond donors (Lipinski definition) is 1. The molecule has 1 N–H and O–H groups in total. The molecule has 0 spiro atoms. The zero-order valence-corrected chi connectivity index (χ0v) is 13.0. The van der Waals surface area contributed by atoms with E-state index in [0.717, 1.165) is 22.4 Å². The Balaban J connectivity index is 2.17. The number of aromatic nitrogens is 1. The smallest absolute Gasteiger partial charge is 0.380 e. The largest absolute Gasteiger partial charge is 0.418 e. The molecule has 2 rings (SSSR count). The van der Waals surface area contributed by atoms with Crippen molar-refractivity contribution in [3.63, 3.8) is 0 Å².